The lowest BCUT2D eigenvalue weighted by molar-refractivity contribution is -0.138. The minimum atomic E-state index is -0.931. The third kappa shape index (κ3) is 3.47. The number of aryl methyl sites for hydroxylation is 3. The van der Waals surface area contributed by atoms with E-state index >= 15 is 0 Å². The highest BCUT2D eigenvalue weighted by molar-refractivity contribution is 5.81. The van der Waals surface area contributed by atoms with Crippen LogP contribution in [0.1, 0.15) is 29.7 Å². The van der Waals surface area contributed by atoms with E-state index in [1.807, 2.05) is 13.8 Å². The van der Waals surface area contributed by atoms with E-state index in [0.717, 1.165) is 16.8 Å². The van der Waals surface area contributed by atoms with Gasteiger partial charge in [0.05, 0.1) is 11.8 Å². The van der Waals surface area contributed by atoms with Crippen molar-refractivity contribution in [2.75, 3.05) is 13.6 Å². The topological polar surface area (TPSA) is 108 Å². The standard InChI is InChI=1S/C16H22N4O4/c1-9-11(5-6-12(21)19(3)8-7-13(22)23)10(2)17-15-14(9)16(24)18-20(15)4/h5-8H2,1-4H3,(H,18,24)(H,22,23). The summed E-state index contributed by atoms with van der Waals surface area (Å²) in [6.07, 6.45) is 0.633. The molecule has 0 aliphatic heterocycles. The molecule has 8 nitrogen and oxygen atoms in total. The number of pyridine rings is 1. The zero-order valence-electron chi connectivity index (χ0n) is 14.3. The Balaban J connectivity index is 2.18. The number of carboxylic acid groups (broad SMARTS) is 1. The number of carboxylic acids is 1. The summed E-state index contributed by atoms with van der Waals surface area (Å²) in [4.78, 5) is 40.6. The van der Waals surface area contributed by atoms with E-state index in [-0.39, 0.29) is 30.9 Å². The maximum atomic E-state index is 12.1. The molecule has 8 heteroatoms. The van der Waals surface area contributed by atoms with Gasteiger partial charge in [-0.25, -0.2) is 4.98 Å². The first-order chi connectivity index (χ1) is 11.2. The number of hydrogen-bond donors (Lipinski definition) is 2. The van der Waals surface area contributed by atoms with Gasteiger partial charge < -0.3 is 10.0 Å². The zero-order valence-corrected chi connectivity index (χ0v) is 14.3. The molecule has 0 aliphatic rings. The molecule has 2 N–H and O–H groups in total. The van der Waals surface area contributed by atoms with Gasteiger partial charge in [0.15, 0.2) is 5.65 Å². The van der Waals surface area contributed by atoms with Gasteiger partial charge in [-0.1, -0.05) is 0 Å². The van der Waals surface area contributed by atoms with Gasteiger partial charge >= 0.3 is 5.97 Å². The summed E-state index contributed by atoms with van der Waals surface area (Å²) in [5, 5.41) is 11.9. The van der Waals surface area contributed by atoms with Crippen molar-refractivity contribution in [2.45, 2.75) is 33.1 Å². The van der Waals surface area contributed by atoms with E-state index in [0.29, 0.717) is 17.5 Å². The van der Waals surface area contributed by atoms with Crippen LogP contribution in [0.2, 0.25) is 0 Å². The number of carbonyl (C=O) groups excluding carboxylic acids is 1. The summed E-state index contributed by atoms with van der Waals surface area (Å²) in [7, 11) is 3.32. The highest BCUT2D eigenvalue weighted by Gasteiger charge is 2.17. The van der Waals surface area contributed by atoms with Crippen LogP contribution in [0.3, 0.4) is 0 Å². The third-order valence-corrected chi connectivity index (χ3v) is 4.25. The quantitative estimate of drug-likeness (QED) is 0.810. The lowest BCUT2D eigenvalue weighted by atomic mass is 10.00. The lowest BCUT2D eigenvalue weighted by Crippen LogP contribution is -2.29. The van der Waals surface area contributed by atoms with Crippen LogP contribution < -0.4 is 5.56 Å². The Morgan fingerprint density at radius 3 is 2.58 bits per heavy atom. The van der Waals surface area contributed by atoms with Crippen molar-refractivity contribution in [3.8, 4) is 0 Å². The Morgan fingerprint density at radius 1 is 1.29 bits per heavy atom. The number of aliphatic carboxylic acids is 1. The number of nitrogens with zero attached hydrogens (tertiary/aromatic N) is 3. The number of nitrogens with one attached hydrogen (secondary N) is 1. The largest absolute Gasteiger partial charge is 0.481 e. The van der Waals surface area contributed by atoms with E-state index < -0.39 is 5.97 Å². The molecule has 0 saturated heterocycles. The molecule has 0 atom stereocenters. The van der Waals surface area contributed by atoms with Crippen molar-refractivity contribution in [1.82, 2.24) is 19.7 Å². The van der Waals surface area contributed by atoms with Crippen molar-refractivity contribution in [3.05, 3.63) is 27.2 Å². The fourth-order valence-electron chi connectivity index (χ4n) is 2.83. The van der Waals surface area contributed by atoms with Gasteiger partial charge in [0.25, 0.3) is 5.56 Å². The average molecular weight is 334 g/mol. The SMILES string of the molecule is Cc1nc2c(c(C)c1CCC(=O)N(C)CCC(=O)O)c(=O)[nH]n2C. The number of hydrogen-bond acceptors (Lipinski definition) is 4. The number of aromatic nitrogens is 3. The molecule has 0 aromatic carbocycles. The van der Waals surface area contributed by atoms with Crippen LogP contribution in [-0.4, -0.2) is 50.2 Å². The number of aromatic amines is 1. The summed E-state index contributed by atoms with van der Waals surface area (Å²) < 4.78 is 1.59. The number of carbonyl (C=O) groups is 2. The van der Waals surface area contributed by atoms with Crippen molar-refractivity contribution in [1.29, 1.82) is 0 Å². The summed E-state index contributed by atoms with van der Waals surface area (Å²) in [5.74, 6) is -1.06. The Bertz CT molecular complexity index is 850. The first-order valence-electron chi connectivity index (χ1n) is 7.73. The van der Waals surface area contributed by atoms with E-state index in [1.165, 1.54) is 4.90 Å². The summed E-state index contributed by atoms with van der Waals surface area (Å²) in [6, 6.07) is 0. The number of rotatable bonds is 6. The molecule has 0 unspecified atom stereocenters. The number of H-pyrrole nitrogens is 1. The van der Waals surface area contributed by atoms with E-state index in [1.54, 1.807) is 18.8 Å². The minimum absolute atomic E-state index is 0.0762. The van der Waals surface area contributed by atoms with Crippen molar-refractivity contribution in [2.24, 2.45) is 7.05 Å². The predicted octanol–water partition coefficient (Wildman–Crippen LogP) is 0.744. The van der Waals surface area contributed by atoms with Crippen molar-refractivity contribution >= 4 is 22.9 Å². The molecule has 0 spiro atoms. The van der Waals surface area contributed by atoms with Gasteiger partial charge in [0, 0.05) is 32.8 Å². The van der Waals surface area contributed by atoms with Gasteiger partial charge in [-0.3, -0.25) is 24.2 Å². The molecule has 2 aromatic rings. The molecular formula is C16H22N4O4. The lowest BCUT2D eigenvalue weighted by Gasteiger charge is -2.17. The van der Waals surface area contributed by atoms with Crippen LogP contribution in [0, 0.1) is 13.8 Å². The molecule has 0 bridgehead atoms. The number of fused-ring (bicyclic) bond motifs is 1. The molecule has 0 aliphatic carbocycles. The normalized spacial score (nSPS) is 11.0. The van der Waals surface area contributed by atoms with E-state index in [4.69, 9.17) is 5.11 Å². The Morgan fingerprint density at radius 2 is 1.96 bits per heavy atom. The minimum Gasteiger partial charge on any atom is -0.481 e. The van der Waals surface area contributed by atoms with Crippen LogP contribution in [-0.2, 0) is 23.1 Å². The zero-order chi connectivity index (χ0) is 18.0. The molecule has 2 heterocycles. The molecule has 0 fully saturated rings. The average Bonchev–Trinajstić information content (AvgIpc) is 2.78. The van der Waals surface area contributed by atoms with Gasteiger partial charge in [0.1, 0.15) is 0 Å². The molecule has 24 heavy (non-hydrogen) atoms. The summed E-state index contributed by atoms with van der Waals surface area (Å²) in [5.41, 5.74) is 2.92. The Kier molecular flexibility index (Phi) is 5.06. The Labute approximate surface area is 139 Å². The molecule has 2 rings (SSSR count). The van der Waals surface area contributed by atoms with Crippen LogP contribution in [0.4, 0.5) is 0 Å². The van der Waals surface area contributed by atoms with Gasteiger partial charge in [0.2, 0.25) is 5.91 Å². The molecule has 130 valence electrons. The summed E-state index contributed by atoms with van der Waals surface area (Å²) >= 11 is 0. The molecular weight excluding hydrogens is 312 g/mol. The molecule has 1 amide bonds. The number of amides is 1. The van der Waals surface area contributed by atoms with Crippen molar-refractivity contribution < 1.29 is 14.7 Å². The molecule has 2 aromatic heterocycles. The molecule has 0 radical (unpaired) electrons. The van der Waals surface area contributed by atoms with Crippen LogP contribution >= 0.6 is 0 Å². The maximum absolute atomic E-state index is 12.1. The Hall–Kier alpha value is -2.64. The fraction of sp³-hybridized carbons (Fsp3) is 0.500. The van der Waals surface area contributed by atoms with Crippen molar-refractivity contribution in [3.63, 3.8) is 0 Å². The molecule has 0 saturated carbocycles. The fourth-order valence-corrected chi connectivity index (χ4v) is 2.83. The maximum Gasteiger partial charge on any atom is 0.305 e. The monoisotopic (exact) mass is 334 g/mol. The summed E-state index contributed by atoms with van der Waals surface area (Å²) in [6.45, 7) is 3.90. The van der Waals surface area contributed by atoms with E-state index in [9.17, 15) is 14.4 Å². The highest BCUT2D eigenvalue weighted by atomic mass is 16.4. The van der Waals surface area contributed by atoms with Crippen LogP contribution in [0.25, 0.3) is 11.0 Å². The van der Waals surface area contributed by atoms with Crippen LogP contribution in [0.5, 0.6) is 0 Å². The second-order valence-electron chi connectivity index (χ2n) is 5.96. The first-order valence-corrected chi connectivity index (χ1v) is 7.73. The highest BCUT2D eigenvalue weighted by Crippen LogP contribution is 2.21. The van der Waals surface area contributed by atoms with E-state index in [2.05, 4.69) is 10.1 Å². The first kappa shape index (κ1) is 17.7. The third-order valence-electron chi connectivity index (χ3n) is 4.25. The van der Waals surface area contributed by atoms with Crippen LogP contribution in [0.15, 0.2) is 4.79 Å². The second-order valence-corrected chi connectivity index (χ2v) is 5.96. The van der Waals surface area contributed by atoms with Gasteiger partial charge in [-0.15, -0.1) is 0 Å². The predicted molar refractivity (Wildman–Crippen MR) is 89.0 cm³/mol. The smallest absolute Gasteiger partial charge is 0.305 e. The van der Waals surface area contributed by atoms with Gasteiger partial charge in [-0.2, -0.15) is 0 Å². The van der Waals surface area contributed by atoms with Gasteiger partial charge in [-0.05, 0) is 31.4 Å². The second kappa shape index (κ2) is 6.86.